The summed E-state index contributed by atoms with van der Waals surface area (Å²) in [5.74, 6) is 2.30. The highest BCUT2D eigenvalue weighted by Gasteiger charge is 2.12. The fraction of sp³-hybridized carbons (Fsp3) is 0.176. The molecule has 0 aliphatic heterocycles. The van der Waals surface area contributed by atoms with Gasteiger partial charge in [-0.05, 0) is 35.4 Å². The number of fused-ring (bicyclic) bond motifs is 1. The summed E-state index contributed by atoms with van der Waals surface area (Å²) in [5.41, 5.74) is 1.29. The van der Waals surface area contributed by atoms with E-state index < -0.39 is 0 Å². The molecular weight excluding hydrogens is 220 g/mol. The zero-order chi connectivity index (χ0) is 12.5. The number of hydrogen-bond donors (Lipinski definition) is 0. The van der Waals surface area contributed by atoms with Crippen LogP contribution in [0.3, 0.4) is 0 Å². The second-order valence-electron chi connectivity index (χ2n) is 4.78. The van der Waals surface area contributed by atoms with Gasteiger partial charge in [-0.3, -0.25) is 0 Å². The van der Waals surface area contributed by atoms with Gasteiger partial charge in [-0.2, -0.15) is 0 Å². The Balaban J connectivity index is 2.03. The predicted octanol–water partition coefficient (Wildman–Crippen LogP) is 4.89. The minimum atomic E-state index is 0.295. The number of rotatable bonds is 2. The van der Waals surface area contributed by atoms with Crippen molar-refractivity contribution < 1.29 is 4.42 Å². The van der Waals surface area contributed by atoms with Crippen LogP contribution in [-0.2, 0) is 0 Å². The van der Waals surface area contributed by atoms with Crippen molar-refractivity contribution in [3.63, 3.8) is 0 Å². The largest absolute Gasteiger partial charge is 0.466 e. The van der Waals surface area contributed by atoms with Crippen molar-refractivity contribution in [2.24, 2.45) is 0 Å². The molecule has 0 radical (unpaired) electrons. The molecule has 0 aliphatic carbocycles. The number of furan rings is 1. The van der Waals surface area contributed by atoms with Crippen molar-refractivity contribution in [1.82, 2.24) is 0 Å². The summed E-state index contributed by atoms with van der Waals surface area (Å²) in [6, 6.07) is 19.1. The first-order chi connectivity index (χ1) is 8.74. The third kappa shape index (κ3) is 1.92. The van der Waals surface area contributed by atoms with Crippen LogP contribution in [0, 0.1) is 6.92 Å². The lowest BCUT2D eigenvalue weighted by Crippen LogP contribution is -1.93. The Kier molecular flexibility index (Phi) is 2.67. The van der Waals surface area contributed by atoms with E-state index in [4.69, 9.17) is 4.42 Å². The van der Waals surface area contributed by atoms with Gasteiger partial charge in [0.25, 0.3) is 0 Å². The molecule has 90 valence electrons. The lowest BCUT2D eigenvalue weighted by molar-refractivity contribution is 0.471. The molecule has 18 heavy (non-hydrogen) atoms. The summed E-state index contributed by atoms with van der Waals surface area (Å²) in [6.45, 7) is 4.17. The maximum absolute atomic E-state index is 5.71. The van der Waals surface area contributed by atoms with Gasteiger partial charge in [0.1, 0.15) is 11.5 Å². The summed E-state index contributed by atoms with van der Waals surface area (Å²) in [6.07, 6.45) is 0. The van der Waals surface area contributed by atoms with Gasteiger partial charge in [-0.1, -0.05) is 49.4 Å². The summed E-state index contributed by atoms with van der Waals surface area (Å²) in [5, 5.41) is 2.56. The van der Waals surface area contributed by atoms with Gasteiger partial charge in [0.2, 0.25) is 0 Å². The summed E-state index contributed by atoms with van der Waals surface area (Å²) < 4.78 is 5.71. The van der Waals surface area contributed by atoms with Crippen LogP contribution in [0.1, 0.15) is 29.9 Å². The molecule has 0 bridgehead atoms. The van der Waals surface area contributed by atoms with E-state index in [9.17, 15) is 0 Å². The van der Waals surface area contributed by atoms with Crippen molar-refractivity contribution in [3.05, 3.63) is 71.7 Å². The van der Waals surface area contributed by atoms with Gasteiger partial charge in [0.05, 0.1) is 0 Å². The molecule has 1 heterocycles. The van der Waals surface area contributed by atoms with E-state index in [0.29, 0.717) is 5.92 Å². The predicted molar refractivity (Wildman–Crippen MR) is 74.9 cm³/mol. The standard InChI is InChI=1S/C17H16O/c1-12-7-10-17(18-12)13(2)15-9-8-14-5-3-4-6-16(14)11-15/h3-11,13H,1-2H3. The first kappa shape index (κ1) is 11.1. The molecule has 1 aromatic heterocycles. The van der Waals surface area contributed by atoms with Crippen LogP contribution >= 0.6 is 0 Å². The molecule has 0 amide bonds. The van der Waals surface area contributed by atoms with Crippen LogP contribution in [0.4, 0.5) is 0 Å². The second kappa shape index (κ2) is 4.34. The molecule has 1 atom stereocenters. The Bertz CT molecular complexity index is 679. The van der Waals surface area contributed by atoms with Gasteiger partial charge in [-0.15, -0.1) is 0 Å². The molecule has 1 unspecified atom stereocenters. The minimum Gasteiger partial charge on any atom is -0.466 e. The summed E-state index contributed by atoms with van der Waals surface area (Å²) >= 11 is 0. The lowest BCUT2D eigenvalue weighted by atomic mass is 9.96. The Morgan fingerprint density at radius 2 is 1.67 bits per heavy atom. The fourth-order valence-corrected chi connectivity index (χ4v) is 2.33. The monoisotopic (exact) mass is 236 g/mol. The van der Waals surface area contributed by atoms with Crippen LogP contribution in [-0.4, -0.2) is 0 Å². The highest BCUT2D eigenvalue weighted by atomic mass is 16.3. The van der Waals surface area contributed by atoms with Gasteiger partial charge in [0.15, 0.2) is 0 Å². The highest BCUT2D eigenvalue weighted by Crippen LogP contribution is 2.28. The Hall–Kier alpha value is -2.02. The molecular formula is C17H16O. The molecule has 1 nitrogen and oxygen atoms in total. The van der Waals surface area contributed by atoms with Crippen LogP contribution < -0.4 is 0 Å². The lowest BCUT2D eigenvalue weighted by Gasteiger charge is -2.10. The molecule has 2 aromatic carbocycles. The maximum Gasteiger partial charge on any atom is 0.111 e. The van der Waals surface area contributed by atoms with Crippen LogP contribution in [0.5, 0.6) is 0 Å². The summed E-state index contributed by atoms with van der Waals surface area (Å²) in [7, 11) is 0. The molecule has 0 fully saturated rings. The SMILES string of the molecule is Cc1ccc(C(C)c2ccc3ccccc3c2)o1. The Morgan fingerprint density at radius 3 is 2.39 bits per heavy atom. The minimum absolute atomic E-state index is 0.295. The van der Waals surface area contributed by atoms with Gasteiger partial charge >= 0.3 is 0 Å². The normalized spacial score (nSPS) is 12.8. The van der Waals surface area contributed by atoms with Gasteiger partial charge in [-0.25, -0.2) is 0 Å². The average Bonchev–Trinajstić information content (AvgIpc) is 2.84. The van der Waals surface area contributed by atoms with E-state index >= 15 is 0 Å². The average molecular weight is 236 g/mol. The molecule has 0 aliphatic rings. The fourth-order valence-electron chi connectivity index (χ4n) is 2.33. The quantitative estimate of drug-likeness (QED) is 0.617. The van der Waals surface area contributed by atoms with E-state index in [-0.39, 0.29) is 0 Å². The maximum atomic E-state index is 5.71. The Labute approximate surface area is 107 Å². The van der Waals surface area contributed by atoms with Crippen LogP contribution in [0.2, 0.25) is 0 Å². The number of aryl methyl sites for hydroxylation is 1. The molecule has 0 spiro atoms. The first-order valence-electron chi connectivity index (χ1n) is 6.29. The number of benzene rings is 2. The van der Waals surface area contributed by atoms with Gasteiger partial charge in [0, 0.05) is 5.92 Å². The highest BCUT2D eigenvalue weighted by molar-refractivity contribution is 5.83. The molecule has 3 rings (SSSR count). The van der Waals surface area contributed by atoms with E-state index in [1.165, 1.54) is 16.3 Å². The zero-order valence-corrected chi connectivity index (χ0v) is 10.7. The third-order valence-electron chi connectivity index (χ3n) is 3.46. The van der Waals surface area contributed by atoms with Crippen molar-refractivity contribution >= 4 is 10.8 Å². The van der Waals surface area contributed by atoms with Crippen molar-refractivity contribution in [1.29, 1.82) is 0 Å². The van der Waals surface area contributed by atoms with E-state index in [1.807, 2.05) is 13.0 Å². The second-order valence-corrected chi connectivity index (χ2v) is 4.78. The van der Waals surface area contributed by atoms with Crippen LogP contribution in [0.25, 0.3) is 10.8 Å². The third-order valence-corrected chi connectivity index (χ3v) is 3.46. The van der Waals surface area contributed by atoms with E-state index in [2.05, 4.69) is 55.5 Å². The molecule has 0 N–H and O–H groups in total. The smallest absolute Gasteiger partial charge is 0.111 e. The first-order valence-corrected chi connectivity index (χ1v) is 6.29. The molecule has 3 aromatic rings. The van der Waals surface area contributed by atoms with Crippen molar-refractivity contribution in [3.8, 4) is 0 Å². The van der Waals surface area contributed by atoms with Crippen molar-refractivity contribution in [2.75, 3.05) is 0 Å². The summed E-state index contributed by atoms with van der Waals surface area (Å²) in [4.78, 5) is 0. The van der Waals surface area contributed by atoms with Gasteiger partial charge < -0.3 is 4.42 Å². The Morgan fingerprint density at radius 1 is 0.889 bits per heavy atom. The molecule has 0 saturated carbocycles. The molecule has 0 saturated heterocycles. The van der Waals surface area contributed by atoms with Crippen LogP contribution in [0.15, 0.2) is 59.0 Å². The van der Waals surface area contributed by atoms with E-state index in [1.54, 1.807) is 0 Å². The van der Waals surface area contributed by atoms with Crippen molar-refractivity contribution in [2.45, 2.75) is 19.8 Å². The molecule has 1 heteroatoms. The van der Waals surface area contributed by atoms with E-state index in [0.717, 1.165) is 11.5 Å². The number of hydrogen-bond acceptors (Lipinski definition) is 1. The zero-order valence-electron chi connectivity index (χ0n) is 10.7. The topological polar surface area (TPSA) is 13.1 Å².